The highest BCUT2D eigenvalue weighted by atomic mass is 32.1. The van der Waals surface area contributed by atoms with Crippen molar-refractivity contribution in [2.24, 2.45) is 0 Å². The zero-order valence-corrected chi connectivity index (χ0v) is 16.1. The summed E-state index contributed by atoms with van der Waals surface area (Å²) in [5, 5.41) is 7.63. The molecule has 0 aliphatic carbocycles. The third-order valence-electron chi connectivity index (χ3n) is 4.00. The molecule has 0 aliphatic heterocycles. The van der Waals surface area contributed by atoms with Crippen LogP contribution in [-0.4, -0.2) is 24.4 Å². The van der Waals surface area contributed by atoms with Crippen LogP contribution in [0, 0.1) is 0 Å². The third-order valence-corrected chi connectivity index (χ3v) is 4.94. The van der Waals surface area contributed by atoms with Gasteiger partial charge >= 0.3 is 0 Å². The summed E-state index contributed by atoms with van der Waals surface area (Å²) in [6.45, 7) is 8.65. The Morgan fingerprint density at radius 3 is 2.36 bits per heavy atom. The van der Waals surface area contributed by atoms with E-state index in [9.17, 15) is 9.59 Å². The van der Waals surface area contributed by atoms with Crippen LogP contribution >= 0.6 is 11.3 Å². The molecule has 1 atom stereocenters. The summed E-state index contributed by atoms with van der Waals surface area (Å²) in [7, 11) is 0. The van der Waals surface area contributed by atoms with Gasteiger partial charge in [0.2, 0.25) is 5.91 Å². The molecule has 0 saturated heterocycles. The molecule has 0 fully saturated rings. The van der Waals surface area contributed by atoms with Gasteiger partial charge in [-0.15, -0.1) is 11.3 Å². The minimum absolute atomic E-state index is 0.0464. The number of hydrogen-bond donors (Lipinski definition) is 2. The summed E-state index contributed by atoms with van der Waals surface area (Å²) < 4.78 is 0. The molecule has 4 nitrogen and oxygen atoms in total. The number of nitrogens with one attached hydrogen (secondary N) is 2. The Bertz CT molecular complexity index is 700. The highest BCUT2D eigenvalue weighted by Crippen LogP contribution is 2.22. The van der Waals surface area contributed by atoms with Crippen LogP contribution in [-0.2, 0) is 16.6 Å². The van der Waals surface area contributed by atoms with Crippen molar-refractivity contribution in [1.82, 2.24) is 10.6 Å². The van der Waals surface area contributed by atoms with Crippen LogP contribution in [0.4, 0.5) is 0 Å². The summed E-state index contributed by atoms with van der Waals surface area (Å²) >= 11 is 1.67. The van der Waals surface area contributed by atoms with Crippen LogP contribution in [0.3, 0.4) is 0 Å². The molecule has 2 N–H and O–H groups in total. The molecule has 0 unspecified atom stereocenters. The first-order valence-corrected chi connectivity index (χ1v) is 9.37. The molecule has 2 rings (SSSR count). The normalized spacial score (nSPS) is 12.5. The van der Waals surface area contributed by atoms with Gasteiger partial charge in [-0.2, -0.15) is 0 Å². The number of benzene rings is 1. The first kappa shape index (κ1) is 19.2. The van der Waals surface area contributed by atoms with E-state index < -0.39 is 6.04 Å². The molecule has 2 amide bonds. The largest absolute Gasteiger partial charge is 0.354 e. The first-order valence-electron chi connectivity index (χ1n) is 8.49. The molecule has 0 spiro atoms. The monoisotopic (exact) mass is 358 g/mol. The van der Waals surface area contributed by atoms with E-state index in [4.69, 9.17) is 0 Å². The Kier molecular flexibility index (Phi) is 6.37. The summed E-state index contributed by atoms with van der Waals surface area (Å²) in [6.07, 6.45) is 0.804. The molecule has 134 valence electrons. The fourth-order valence-electron chi connectivity index (χ4n) is 2.38. The van der Waals surface area contributed by atoms with Gasteiger partial charge in [-0.05, 0) is 47.9 Å². The summed E-state index contributed by atoms with van der Waals surface area (Å²) in [6, 6.07) is 11.0. The second-order valence-electron chi connectivity index (χ2n) is 7.14. The topological polar surface area (TPSA) is 58.2 Å². The van der Waals surface area contributed by atoms with Crippen molar-refractivity contribution in [2.75, 3.05) is 6.54 Å². The molecule has 1 heterocycles. The Balaban J connectivity index is 1.83. The highest BCUT2D eigenvalue weighted by Gasteiger charge is 2.18. The van der Waals surface area contributed by atoms with Gasteiger partial charge in [-0.1, -0.05) is 39.0 Å². The zero-order chi connectivity index (χ0) is 18.4. The first-order chi connectivity index (χ1) is 11.8. The average molecular weight is 359 g/mol. The molecule has 0 saturated carbocycles. The number of rotatable bonds is 6. The zero-order valence-electron chi connectivity index (χ0n) is 15.3. The van der Waals surface area contributed by atoms with E-state index in [0.29, 0.717) is 12.1 Å². The Hall–Kier alpha value is -2.14. The van der Waals surface area contributed by atoms with Crippen LogP contribution in [0.2, 0.25) is 0 Å². The van der Waals surface area contributed by atoms with Crippen molar-refractivity contribution >= 4 is 23.2 Å². The highest BCUT2D eigenvalue weighted by molar-refractivity contribution is 7.09. The van der Waals surface area contributed by atoms with Crippen LogP contribution in [0.1, 0.15) is 48.5 Å². The van der Waals surface area contributed by atoms with E-state index in [-0.39, 0.29) is 17.2 Å². The maximum atomic E-state index is 12.3. The van der Waals surface area contributed by atoms with Gasteiger partial charge in [0, 0.05) is 17.0 Å². The Morgan fingerprint density at radius 2 is 1.80 bits per heavy atom. The van der Waals surface area contributed by atoms with E-state index in [1.54, 1.807) is 30.4 Å². The van der Waals surface area contributed by atoms with Gasteiger partial charge in [-0.25, -0.2) is 0 Å². The van der Waals surface area contributed by atoms with Crippen LogP contribution in [0.15, 0.2) is 41.8 Å². The smallest absolute Gasteiger partial charge is 0.251 e. The Labute approximate surface area is 153 Å². The minimum Gasteiger partial charge on any atom is -0.354 e. The van der Waals surface area contributed by atoms with Gasteiger partial charge in [0.15, 0.2) is 0 Å². The van der Waals surface area contributed by atoms with Gasteiger partial charge in [0.1, 0.15) is 6.04 Å². The summed E-state index contributed by atoms with van der Waals surface area (Å²) in [4.78, 5) is 25.6. The third kappa shape index (κ3) is 5.71. The van der Waals surface area contributed by atoms with Gasteiger partial charge in [0.05, 0.1) is 0 Å². The van der Waals surface area contributed by atoms with E-state index in [1.807, 2.05) is 29.6 Å². The molecule has 5 heteroatoms. The summed E-state index contributed by atoms with van der Waals surface area (Å²) in [5.41, 5.74) is 1.78. The number of carbonyl (C=O) groups is 2. The van der Waals surface area contributed by atoms with Crippen molar-refractivity contribution in [1.29, 1.82) is 0 Å². The van der Waals surface area contributed by atoms with Gasteiger partial charge < -0.3 is 10.6 Å². The van der Waals surface area contributed by atoms with Crippen molar-refractivity contribution in [2.45, 2.75) is 45.6 Å². The van der Waals surface area contributed by atoms with Crippen molar-refractivity contribution in [3.05, 3.63) is 57.8 Å². The number of thiophene rings is 1. The molecule has 1 aromatic heterocycles. The minimum atomic E-state index is -0.571. The maximum Gasteiger partial charge on any atom is 0.251 e. The van der Waals surface area contributed by atoms with Crippen molar-refractivity contribution in [3.63, 3.8) is 0 Å². The molecule has 2 aromatic rings. The quantitative estimate of drug-likeness (QED) is 0.830. The predicted octanol–water partition coefficient (Wildman–Crippen LogP) is 3.52. The molecular weight excluding hydrogens is 332 g/mol. The number of hydrogen-bond acceptors (Lipinski definition) is 3. The second-order valence-corrected chi connectivity index (χ2v) is 8.18. The number of amides is 2. The lowest BCUT2D eigenvalue weighted by atomic mass is 9.86. The molecule has 0 aliphatic rings. The molecule has 0 radical (unpaired) electrons. The van der Waals surface area contributed by atoms with Crippen molar-refractivity contribution in [3.8, 4) is 0 Å². The van der Waals surface area contributed by atoms with Crippen LogP contribution in [0.25, 0.3) is 0 Å². The number of carbonyl (C=O) groups excluding carboxylic acids is 2. The average Bonchev–Trinajstić information content (AvgIpc) is 3.07. The maximum absolute atomic E-state index is 12.3. The van der Waals surface area contributed by atoms with E-state index in [0.717, 1.165) is 6.42 Å². The van der Waals surface area contributed by atoms with E-state index in [1.165, 1.54) is 10.4 Å². The fourth-order valence-corrected chi connectivity index (χ4v) is 3.09. The van der Waals surface area contributed by atoms with Crippen molar-refractivity contribution < 1.29 is 9.59 Å². The van der Waals surface area contributed by atoms with Gasteiger partial charge in [0.25, 0.3) is 5.91 Å². The second kappa shape index (κ2) is 8.30. The standard InChI is InChI=1S/C20H26N2O2S/c1-14(18(23)21-12-11-17-6-5-13-25-17)22-19(24)15-7-9-16(10-8-15)20(2,3)4/h5-10,13-14H,11-12H2,1-4H3,(H,21,23)(H,22,24)/t14-/m0/s1. The summed E-state index contributed by atoms with van der Waals surface area (Å²) in [5.74, 6) is -0.405. The molecular formula is C20H26N2O2S. The van der Waals surface area contributed by atoms with Crippen LogP contribution < -0.4 is 10.6 Å². The molecule has 25 heavy (non-hydrogen) atoms. The lowest BCUT2D eigenvalue weighted by molar-refractivity contribution is -0.122. The SMILES string of the molecule is C[C@H](NC(=O)c1ccc(C(C)(C)C)cc1)C(=O)NCCc1cccs1. The fraction of sp³-hybridized carbons (Fsp3) is 0.400. The van der Waals surface area contributed by atoms with Crippen LogP contribution in [0.5, 0.6) is 0 Å². The molecule has 1 aromatic carbocycles. The lowest BCUT2D eigenvalue weighted by Gasteiger charge is -2.19. The van der Waals surface area contributed by atoms with E-state index >= 15 is 0 Å². The van der Waals surface area contributed by atoms with E-state index in [2.05, 4.69) is 31.4 Å². The Morgan fingerprint density at radius 1 is 1.12 bits per heavy atom. The lowest BCUT2D eigenvalue weighted by Crippen LogP contribution is -2.45. The van der Waals surface area contributed by atoms with Gasteiger partial charge in [-0.3, -0.25) is 9.59 Å². The predicted molar refractivity (Wildman–Crippen MR) is 103 cm³/mol. The molecule has 0 bridgehead atoms.